The fourth-order valence-electron chi connectivity index (χ4n) is 1.96. The number of ether oxygens (including phenoxy) is 2. The molecule has 0 radical (unpaired) electrons. The van der Waals surface area contributed by atoms with Crippen molar-refractivity contribution >= 4 is 21.8 Å². The van der Waals surface area contributed by atoms with E-state index < -0.39 is 0 Å². The molecule has 112 valence electrons. The van der Waals surface area contributed by atoms with Crippen molar-refractivity contribution in [1.29, 1.82) is 0 Å². The second-order valence-electron chi connectivity index (χ2n) is 4.28. The number of rotatable bonds is 6. The summed E-state index contributed by atoms with van der Waals surface area (Å²) in [5.74, 6) is 0.675. The summed E-state index contributed by atoms with van der Waals surface area (Å²) in [4.78, 5) is 12.0. The number of benzene rings is 1. The van der Waals surface area contributed by atoms with E-state index in [1.165, 1.54) is 0 Å². The van der Waals surface area contributed by atoms with Crippen molar-refractivity contribution in [2.24, 2.45) is 0 Å². The van der Waals surface area contributed by atoms with Crippen LogP contribution in [-0.4, -0.2) is 26.7 Å². The molecule has 1 N–H and O–H groups in total. The third-order valence-corrected chi connectivity index (χ3v) is 3.44. The summed E-state index contributed by atoms with van der Waals surface area (Å²) in [6.07, 6.45) is -0.302. The van der Waals surface area contributed by atoms with Crippen LogP contribution in [0.5, 0.6) is 5.75 Å². The van der Waals surface area contributed by atoms with E-state index in [2.05, 4.69) is 21.2 Å². The zero-order valence-electron chi connectivity index (χ0n) is 11.8. The number of hydrogen-bond donors (Lipinski definition) is 1. The highest BCUT2D eigenvalue weighted by Gasteiger charge is 2.18. The van der Waals surface area contributed by atoms with Crippen LogP contribution in [0.4, 0.5) is 0 Å². The molecule has 0 aliphatic rings. The molecule has 0 spiro atoms. The van der Waals surface area contributed by atoms with Crippen LogP contribution in [0.3, 0.4) is 0 Å². The molecule has 0 bridgehead atoms. The Bertz CT molecular complexity index is 611. The summed E-state index contributed by atoms with van der Waals surface area (Å²) in [6.45, 7) is 0.314. The molecule has 0 unspecified atom stereocenters. The van der Waals surface area contributed by atoms with Crippen LogP contribution in [0.2, 0.25) is 0 Å². The topological polar surface area (TPSA) is 60.7 Å². The number of carbonyl (C=O) groups is 1. The Balaban J connectivity index is 2.04. The molecule has 0 aliphatic heterocycles. The van der Waals surface area contributed by atoms with Crippen molar-refractivity contribution in [3.05, 3.63) is 52.4 Å². The van der Waals surface area contributed by atoms with Gasteiger partial charge in [0.1, 0.15) is 11.9 Å². The predicted molar refractivity (Wildman–Crippen MR) is 81.5 cm³/mol. The monoisotopic (exact) mass is 353 g/mol. The Kier molecular flexibility index (Phi) is 5.41. The summed E-state index contributed by atoms with van der Waals surface area (Å²) >= 11 is 3.16. The van der Waals surface area contributed by atoms with Crippen molar-refractivity contribution < 1.29 is 18.7 Å². The fourth-order valence-corrected chi connectivity index (χ4v) is 2.27. The normalized spacial score (nSPS) is 12.0. The fraction of sp³-hybridized carbons (Fsp3) is 0.267. The van der Waals surface area contributed by atoms with Gasteiger partial charge in [-0.05, 0) is 34.1 Å². The second-order valence-corrected chi connectivity index (χ2v) is 5.06. The van der Waals surface area contributed by atoms with Crippen LogP contribution in [0, 0.1) is 0 Å². The molecule has 1 amide bonds. The number of carbonyl (C=O) groups excluding carboxylic acids is 1. The van der Waals surface area contributed by atoms with Gasteiger partial charge in [0.05, 0.1) is 7.11 Å². The van der Waals surface area contributed by atoms with E-state index in [9.17, 15) is 4.79 Å². The Morgan fingerprint density at radius 2 is 2.05 bits per heavy atom. The SMILES string of the molecule is COc1ccccc1[C@@H](CNC(=O)c1ccc(Br)o1)OC. The molecule has 1 aromatic heterocycles. The minimum atomic E-state index is -0.302. The van der Waals surface area contributed by atoms with E-state index in [4.69, 9.17) is 13.9 Å². The van der Waals surface area contributed by atoms with Gasteiger partial charge in [0.15, 0.2) is 10.4 Å². The largest absolute Gasteiger partial charge is 0.496 e. The number of halogens is 1. The van der Waals surface area contributed by atoms with Crippen LogP contribution in [0.25, 0.3) is 0 Å². The molecular weight excluding hydrogens is 338 g/mol. The van der Waals surface area contributed by atoms with Gasteiger partial charge in [-0.25, -0.2) is 0 Å². The third-order valence-electron chi connectivity index (χ3n) is 3.02. The van der Waals surface area contributed by atoms with E-state index in [1.54, 1.807) is 26.4 Å². The minimum Gasteiger partial charge on any atom is -0.496 e. The van der Waals surface area contributed by atoms with Crippen LogP contribution >= 0.6 is 15.9 Å². The highest BCUT2D eigenvalue weighted by atomic mass is 79.9. The van der Waals surface area contributed by atoms with E-state index in [-0.39, 0.29) is 17.8 Å². The Labute approximate surface area is 131 Å². The Morgan fingerprint density at radius 1 is 1.29 bits per heavy atom. The van der Waals surface area contributed by atoms with Crippen molar-refractivity contribution in [3.8, 4) is 5.75 Å². The summed E-state index contributed by atoms with van der Waals surface area (Å²) in [6, 6.07) is 10.8. The molecule has 0 aliphatic carbocycles. The summed E-state index contributed by atoms with van der Waals surface area (Å²) < 4.78 is 16.5. The summed E-state index contributed by atoms with van der Waals surface area (Å²) in [5, 5.41) is 2.78. The molecular formula is C15H16BrNO4. The van der Waals surface area contributed by atoms with Crippen LogP contribution in [0.15, 0.2) is 45.5 Å². The lowest BCUT2D eigenvalue weighted by atomic mass is 10.1. The lowest BCUT2D eigenvalue weighted by molar-refractivity contribution is 0.0798. The van der Waals surface area contributed by atoms with E-state index in [0.717, 1.165) is 11.3 Å². The molecule has 1 heterocycles. The number of nitrogens with one attached hydrogen (secondary N) is 1. The number of amides is 1. The quantitative estimate of drug-likeness (QED) is 0.866. The minimum absolute atomic E-state index is 0.247. The van der Waals surface area contributed by atoms with Crippen molar-refractivity contribution in [1.82, 2.24) is 5.32 Å². The van der Waals surface area contributed by atoms with Crippen molar-refractivity contribution in [2.45, 2.75) is 6.10 Å². The highest BCUT2D eigenvalue weighted by molar-refractivity contribution is 9.10. The predicted octanol–water partition coefficient (Wildman–Crippen LogP) is 3.17. The summed E-state index contributed by atoms with van der Waals surface area (Å²) in [7, 11) is 3.19. The number of para-hydroxylation sites is 1. The first kappa shape index (κ1) is 15.6. The Morgan fingerprint density at radius 3 is 2.67 bits per heavy atom. The zero-order valence-corrected chi connectivity index (χ0v) is 13.3. The van der Waals surface area contributed by atoms with Gasteiger partial charge < -0.3 is 19.2 Å². The van der Waals surface area contributed by atoms with Gasteiger partial charge in [0.25, 0.3) is 5.91 Å². The molecule has 2 rings (SSSR count). The Hall–Kier alpha value is -1.79. The lowest BCUT2D eigenvalue weighted by Gasteiger charge is -2.18. The van der Waals surface area contributed by atoms with Gasteiger partial charge in [-0.15, -0.1) is 0 Å². The molecule has 0 saturated carbocycles. The zero-order chi connectivity index (χ0) is 15.2. The van der Waals surface area contributed by atoms with Crippen molar-refractivity contribution in [2.75, 3.05) is 20.8 Å². The van der Waals surface area contributed by atoms with Gasteiger partial charge in [-0.1, -0.05) is 18.2 Å². The molecule has 21 heavy (non-hydrogen) atoms. The number of methoxy groups -OCH3 is 2. The summed E-state index contributed by atoms with van der Waals surface area (Å²) in [5.41, 5.74) is 0.878. The number of furan rings is 1. The van der Waals surface area contributed by atoms with Crippen LogP contribution < -0.4 is 10.1 Å². The smallest absolute Gasteiger partial charge is 0.287 e. The van der Waals surface area contributed by atoms with E-state index in [0.29, 0.717) is 11.2 Å². The first-order valence-electron chi connectivity index (χ1n) is 6.35. The molecule has 5 nitrogen and oxygen atoms in total. The molecule has 2 aromatic rings. The first-order valence-corrected chi connectivity index (χ1v) is 7.14. The molecule has 1 atom stereocenters. The maximum absolute atomic E-state index is 12.0. The van der Waals surface area contributed by atoms with Crippen molar-refractivity contribution in [3.63, 3.8) is 0 Å². The standard InChI is InChI=1S/C15H16BrNO4/c1-19-11-6-4-3-5-10(11)13(20-2)9-17-15(18)12-7-8-14(16)21-12/h3-8,13H,9H2,1-2H3,(H,17,18)/t13-/m1/s1. The third kappa shape index (κ3) is 3.86. The molecule has 0 fully saturated rings. The van der Waals surface area contributed by atoms with Gasteiger partial charge in [-0.2, -0.15) is 0 Å². The van der Waals surface area contributed by atoms with Gasteiger partial charge in [0, 0.05) is 19.2 Å². The average molecular weight is 354 g/mol. The second kappa shape index (κ2) is 7.28. The molecule has 0 saturated heterocycles. The lowest BCUT2D eigenvalue weighted by Crippen LogP contribution is -2.29. The first-order chi connectivity index (χ1) is 10.2. The van der Waals surface area contributed by atoms with Gasteiger partial charge in [0.2, 0.25) is 0 Å². The number of hydrogen-bond acceptors (Lipinski definition) is 4. The molecule has 1 aromatic carbocycles. The highest BCUT2D eigenvalue weighted by Crippen LogP contribution is 2.26. The molecule has 6 heteroatoms. The van der Waals surface area contributed by atoms with E-state index in [1.807, 2.05) is 24.3 Å². The van der Waals surface area contributed by atoms with E-state index >= 15 is 0 Å². The maximum atomic E-state index is 12.0. The van der Waals surface area contributed by atoms with Gasteiger partial charge >= 0.3 is 0 Å². The maximum Gasteiger partial charge on any atom is 0.287 e. The van der Waals surface area contributed by atoms with Crippen LogP contribution in [-0.2, 0) is 4.74 Å². The van der Waals surface area contributed by atoms with Gasteiger partial charge in [-0.3, -0.25) is 4.79 Å². The average Bonchev–Trinajstić information content (AvgIpc) is 2.94. The van der Waals surface area contributed by atoms with Crippen LogP contribution in [0.1, 0.15) is 22.2 Å².